The second-order valence-corrected chi connectivity index (χ2v) is 5.50. The number of ether oxygens (including phenoxy) is 1. The van der Waals surface area contributed by atoms with Crippen molar-refractivity contribution in [3.8, 4) is 5.75 Å². The third kappa shape index (κ3) is 4.53. The van der Waals surface area contributed by atoms with Crippen molar-refractivity contribution in [1.82, 2.24) is 5.32 Å². The van der Waals surface area contributed by atoms with Crippen LogP contribution in [-0.2, 0) is 11.3 Å². The SMILES string of the molecule is COc1ccc(CNC(=O)CC2CCC(O)CC2)cc1. The quantitative estimate of drug-likeness (QED) is 0.868. The monoisotopic (exact) mass is 277 g/mol. The van der Waals surface area contributed by atoms with Gasteiger partial charge in [0.1, 0.15) is 5.75 Å². The summed E-state index contributed by atoms with van der Waals surface area (Å²) in [5, 5.41) is 12.4. The van der Waals surface area contributed by atoms with Gasteiger partial charge in [-0.2, -0.15) is 0 Å². The van der Waals surface area contributed by atoms with E-state index in [0.29, 0.717) is 18.9 Å². The van der Waals surface area contributed by atoms with E-state index in [1.807, 2.05) is 24.3 Å². The molecule has 1 aliphatic carbocycles. The summed E-state index contributed by atoms with van der Waals surface area (Å²) in [5.41, 5.74) is 1.07. The zero-order chi connectivity index (χ0) is 14.4. The Morgan fingerprint density at radius 1 is 1.25 bits per heavy atom. The maximum atomic E-state index is 11.9. The number of aliphatic hydroxyl groups is 1. The average Bonchev–Trinajstić information content (AvgIpc) is 2.48. The molecule has 0 atom stereocenters. The summed E-state index contributed by atoms with van der Waals surface area (Å²) >= 11 is 0. The van der Waals surface area contributed by atoms with Crippen molar-refractivity contribution in [1.29, 1.82) is 0 Å². The lowest BCUT2D eigenvalue weighted by Gasteiger charge is -2.24. The lowest BCUT2D eigenvalue weighted by Crippen LogP contribution is -2.27. The Bertz CT molecular complexity index is 422. The number of hydrogen-bond acceptors (Lipinski definition) is 3. The molecule has 0 aromatic heterocycles. The van der Waals surface area contributed by atoms with Crippen LogP contribution in [-0.4, -0.2) is 24.2 Å². The van der Waals surface area contributed by atoms with Gasteiger partial charge in [0.05, 0.1) is 13.2 Å². The summed E-state index contributed by atoms with van der Waals surface area (Å²) in [4.78, 5) is 11.9. The average molecular weight is 277 g/mol. The lowest BCUT2D eigenvalue weighted by atomic mass is 9.85. The Kier molecular flexibility index (Phi) is 5.41. The van der Waals surface area contributed by atoms with Gasteiger partial charge in [0.15, 0.2) is 0 Å². The Labute approximate surface area is 120 Å². The van der Waals surface area contributed by atoms with Crippen LogP contribution in [0, 0.1) is 5.92 Å². The highest BCUT2D eigenvalue weighted by Crippen LogP contribution is 2.26. The van der Waals surface area contributed by atoms with E-state index in [-0.39, 0.29) is 12.0 Å². The maximum absolute atomic E-state index is 11.9. The first-order valence-corrected chi connectivity index (χ1v) is 7.25. The Morgan fingerprint density at radius 3 is 2.50 bits per heavy atom. The zero-order valence-electron chi connectivity index (χ0n) is 12.0. The van der Waals surface area contributed by atoms with E-state index in [1.165, 1.54) is 0 Å². The van der Waals surface area contributed by atoms with Crippen LogP contribution in [0.2, 0.25) is 0 Å². The molecule has 1 saturated carbocycles. The van der Waals surface area contributed by atoms with Gasteiger partial charge in [-0.15, -0.1) is 0 Å². The molecule has 0 saturated heterocycles. The first-order chi connectivity index (χ1) is 9.67. The van der Waals surface area contributed by atoms with Crippen molar-refractivity contribution in [2.75, 3.05) is 7.11 Å². The number of carbonyl (C=O) groups excluding carboxylic acids is 1. The molecule has 4 heteroatoms. The number of nitrogens with one attached hydrogen (secondary N) is 1. The van der Waals surface area contributed by atoms with Gasteiger partial charge in [0, 0.05) is 13.0 Å². The fraction of sp³-hybridized carbons (Fsp3) is 0.562. The molecular formula is C16H23NO3. The van der Waals surface area contributed by atoms with Crippen LogP contribution < -0.4 is 10.1 Å². The predicted octanol–water partition coefficient (Wildman–Crippen LogP) is 2.25. The zero-order valence-corrected chi connectivity index (χ0v) is 12.0. The van der Waals surface area contributed by atoms with Gasteiger partial charge in [-0.3, -0.25) is 4.79 Å². The van der Waals surface area contributed by atoms with E-state index in [9.17, 15) is 9.90 Å². The van der Waals surface area contributed by atoms with E-state index in [0.717, 1.165) is 37.0 Å². The summed E-state index contributed by atoms with van der Waals surface area (Å²) in [5.74, 6) is 1.34. The molecule has 0 heterocycles. The summed E-state index contributed by atoms with van der Waals surface area (Å²) < 4.78 is 5.10. The number of amides is 1. The van der Waals surface area contributed by atoms with Crippen molar-refractivity contribution in [3.05, 3.63) is 29.8 Å². The third-order valence-corrected chi connectivity index (χ3v) is 3.94. The van der Waals surface area contributed by atoms with Crippen molar-refractivity contribution in [2.24, 2.45) is 5.92 Å². The largest absolute Gasteiger partial charge is 0.497 e. The normalized spacial score (nSPS) is 22.3. The third-order valence-electron chi connectivity index (χ3n) is 3.94. The molecule has 1 aromatic carbocycles. The molecule has 1 fully saturated rings. The van der Waals surface area contributed by atoms with Gasteiger partial charge in [-0.25, -0.2) is 0 Å². The van der Waals surface area contributed by atoms with E-state index in [4.69, 9.17) is 4.74 Å². The van der Waals surface area contributed by atoms with Gasteiger partial charge in [0.2, 0.25) is 5.91 Å². The molecular weight excluding hydrogens is 254 g/mol. The molecule has 0 unspecified atom stereocenters. The smallest absolute Gasteiger partial charge is 0.220 e. The topological polar surface area (TPSA) is 58.6 Å². The fourth-order valence-electron chi connectivity index (χ4n) is 2.63. The number of rotatable bonds is 5. The molecule has 1 aliphatic rings. The van der Waals surface area contributed by atoms with Gasteiger partial charge >= 0.3 is 0 Å². The minimum Gasteiger partial charge on any atom is -0.497 e. The molecule has 2 N–H and O–H groups in total. The van der Waals surface area contributed by atoms with Crippen LogP contribution in [0.15, 0.2) is 24.3 Å². The Balaban J connectivity index is 1.71. The molecule has 0 aliphatic heterocycles. The van der Waals surface area contributed by atoms with E-state index in [2.05, 4.69) is 5.32 Å². The highest BCUT2D eigenvalue weighted by molar-refractivity contribution is 5.76. The van der Waals surface area contributed by atoms with Crippen molar-refractivity contribution in [2.45, 2.75) is 44.8 Å². The van der Waals surface area contributed by atoms with Crippen molar-refractivity contribution >= 4 is 5.91 Å². The molecule has 1 aromatic rings. The number of benzene rings is 1. The van der Waals surface area contributed by atoms with Gasteiger partial charge in [-0.05, 0) is 49.3 Å². The molecule has 20 heavy (non-hydrogen) atoms. The summed E-state index contributed by atoms with van der Waals surface area (Å²) in [6.07, 6.45) is 3.98. The van der Waals surface area contributed by atoms with Crippen molar-refractivity contribution < 1.29 is 14.6 Å². The van der Waals surface area contributed by atoms with Gasteiger partial charge in [-0.1, -0.05) is 12.1 Å². The van der Waals surface area contributed by atoms with E-state index in [1.54, 1.807) is 7.11 Å². The van der Waals surface area contributed by atoms with Crippen LogP contribution in [0.1, 0.15) is 37.7 Å². The molecule has 1 amide bonds. The molecule has 4 nitrogen and oxygen atoms in total. The molecule has 0 bridgehead atoms. The van der Waals surface area contributed by atoms with E-state index < -0.39 is 0 Å². The van der Waals surface area contributed by atoms with Crippen LogP contribution in [0.25, 0.3) is 0 Å². The number of hydrogen-bond donors (Lipinski definition) is 2. The summed E-state index contributed by atoms with van der Waals surface area (Å²) in [6, 6.07) is 7.69. The summed E-state index contributed by atoms with van der Waals surface area (Å²) in [7, 11) is 1.64. The van der Waals surface area contributed by atoms with E-state index >= 15 is 0 Å². The highest BCUT2D eigenvalue weighted by atomic mass is 16.5. The predicted molar refractivity (Wildman–Crippen MR) is 77.4 cm³/mol. The fourth-order valence-corrected chi connectivity index (χ4v) is 2.63. The van der Waals surface area contributed by atoms with Crippen LogP contribution >= 0.6 is 0 Å². The Morgan fingerprint density at radius 2 is 1.90 bits per heavy atom. The number of aliphatic hydroxyl groups excluding tert-OH is 1. The van der Waals surface area contributed by atoms with Crippen LogP contribution in [0.3, 0.4) is 0 Å². The highest BCUT2D eigenvalue weighted by Gasteiger charge is 2.21. The second kappa shape index (κ2) is 7.29. The minimum atomic E-state index is -0.159. The number of methoxy groups -OCH3 is 1. The molecule has 0 radical (unpaired) electrons. The first-order valence-electron chi connectivity index (χ1n) is 7.25. The van der Waals surface area contributed by atoms with Crippen molar-refractivity contribution in [3.63, 3.8) is 0 Å². The van der Waals surface area contributed by atoms with Crippen LogP contribution in [0.5, 0.6) is 5.75 Å². The standard InChI is InChI=1S/C16H23NO3/c1-20-15-8-4-13(5-9-15)11-17-16(19)10-12-2-6-14(18)7-3-12/h4-5,8-9,12,14,18H,2-3,6-7,10-11H2,1H3,(H,17,19). The number of carbonyl (C=O) groups is 1. The lowest BCUT2D eigenvalue weighted by molar-refractivity contribution is -0.122. The molecule has 0 spiro atoms. The summed E-state index contributed by atoms with van der Waals surface area (Å²) in [6.45, 7) is 0.554. The molecule has 110 valence electrons. The second-order valence-electron chi connectivity index (χ2n) is 5.50. The van der Waals surface area contributed by atoms with Crippen LogP contribution in [0.4, 0.5) is 0 Å². The Hall–Kier alpha value is -1.55. The van der Waals surface area contributed by atoms with Gasteiger partial charge in [0.25, 0.3) is 0 Å². The molecule has 2 rings (SSSR count). The van der Waals surface area contributed by atoms with Gasteiger partial charge < -0.3 is 15.2 Å². The minimum absolute atomic E-state index is 0.0993. The first kappa shape index (κ1) is 14.9. The maximum Gasteiger partial charge on any atom is 0.220 e.